The fraction of sp³-hybridized carbons (Fsp3) is 0.786. The normalized spacial score (nSPS) is 15.5. The molecule has 0 saturated carbocycles. The highest BCUT2D eigenvalue weighted by atomic mass is 15.2. The maximum Gasteiger partial charge on any atom is 0.111 e. The average Bonchev–Trinajstić information content (AvgIpc) is 2.57. The van der Waals surface area contributed by atoms with Gasteiger partial charge < -0.3 is 9.47 Å². The highest BCUT2D eigenvalue weighted by Gasteiger charge is 2.21. The number of fused-ring (bicyclic) bond motifs is 1. The molecule has 0 aromatic carbocycles. The molecule has 0 fully saturated rings. The Morgan fingerprint density at radius 3 is 2.35 bits per heavy atom. The number of hydrogen-bond donors (Lipinski definition) is 0. The summed E-state index contributed by atoms with van der Waals surface area (Å²) < 4.78 is 2.28. The van der Waals surface area contributed by atoms with Gasteiger partial charge in [0.2, 0.25) is 0 Å². The van der Waals surface area contributed by atoms with Crippen LogP contribution < -0.4 is 0 Å². The summed E-state index contributed by atoms with van der Waals surface area (Å²) in [6, 6.07) is 0. The van der Waals surface area contributed by atoms with Crippen molar-refractivity contribution >= 4 is 0 Å². The SMILES string of the molecule is CC(C)c1nc2c(n1C)CCN(C)C2.CCC. The summed E-state index contributed by atoms with van der Waals surface area (Å²) in [5.74, 6) is 1.75. The Bertz CT molecular complexity index is 353. The topological polar surface area (TPSA) is 21.1 Å². The lowest BCUT2D eigenvalue weighted by molar-refractivity contribution is 0.305. The Morgan fingerprint density at radius 2 is 1.82 bits per heavy atom. The van der Waals surface area contributed by atoms with E-state index in [1.165, 1.54) is 23.6 Å². The smallest absolute Gasteiger partial charge is 0.111 e. The lowest BCUT2D eigenvalue weighted by Gasteiger charge is -2.21. The van der Waals surface area contributed by atoms with Crippen LogP contribution in [0.3, 0.4) is 0 Å². The molecule has 1 aliphatic rings. The molecule has 0 radical (unpaired) electrons. The quantitative estimate of drug-likeness (QED) is 0.749. The zero-order chi connectivity index (χ0) is 13.0. The van der Waals surface area contributed by atoms with Gasteiger partial charge in [0.05, 0.1) is 5.69 Å². The summed E-state index contributed by atoms with van der Waals surface area (Å²) in [6.45, 7) is 10.8. The molecule has 0 spiro atoms. The Labute approximate surface area is 106 Å². The predicted octanol–water partition coefficient (Wildman–Crippen LogP) is 2.95. The molecule has 0 aliphatic carbocycles. The van der Waals surface area contributed by atoms with Gasteiger partial charge in [-0.05, 0) is 7.05 Å². The van der Waals surface area contributed by atoms with E-state index in [0.717, 1.165) is 19.5 Å². The van der Waals surface area contributed by atoms with Crippen molar-refractivity contribution in [1.82, 2.24) is 14.5 Å². The van der Waals surface area contributed by atoms with Crippen LogP contribution in [-0.4, -0.2) is 28.0 Å². The summed E-state index contributed by atoms with van der Waals surface area (Å²) in [5.41, 5.74) is 2.72. The van der Waals surface area contributed by atoms with E-state index in [9.17, 15) is 0 Å². The minimum absolute atomic E-state index is 0.524. The first kappa shape index (κ1) is 14.2. The molecule has 98 valence electrons. The Balaban J connectivity index is 0.000000437. The maximum absolute atomic E-state index is 4.72. The Morgan fingerprint density at radius 1 is 1.24 bits per heavy atom. The second-order valence-corrected chi connectivity index (χ2v) is 5.27. The van der Waals surface area contributed by atoms with Crippen molar-refractivity contribution in [3.63, 3.8) is 0 Å². The minimum atomic E-state index is 0.524. The van der Waals surface area contributed by atoms with Crippen LogP contribution >= 0.6 is 0 Å². The summed E-state index contributed by atoms with van der Waals surface area (Å²) in [6.07, 6.45) is 2.39. The van der Waals surface area contributed by atoms with Crippen molar-refractivity contribution in [2.45, 2.75) is 53.0 Å². The predicted molar refractivity (Wildman–Crippen MR) is 73.3 cm³/mol. The van der Waals surface area contributed by atoms with Gasteiger partial charge in [-0.1, -0.05) is 34.1 Å². The van der Waals surface area contributed by atoms with E-state index in [1.54, 1.807) is 0 Å². The van der Waals surface area contributed by atoms with Gasteiger partial charge in [0.1, 0.15) is 5.82 Å². The van der Waals surface area contributed by atoms with Crippen molar-refractivity contribution in [2.75, 3.05) is 13.6 Å². The van der Waals surface area contributed by atoms with E-state index >= 15 is 0 Å². The molecule has 3 heteroatoms. The van der Waals surface area contributed by atoms with Crippen molar-refractivity contribution in [1.29, 1.82) is 0 Å². The molecular formula is C14H27N3. The molecule has 0 unspecified atom stereocenters. The van der Waals surface area contributed by atoms with Gasteiger partial charge in [-0.25, -0.2) is 4.98 Å². The third-order valence-corrected chi connectivity index (χ3v) is 3.00. The van der Waals surface area contributed by atoms with Crippen LogP contribution in [-0.2, 0) is 20.0 Å². The van der Waals surface area contributed by atoms with Crippen LogP contribution in [0.5, 0.6) is 0 Å². The molecule has 2 heterocycles. The molecule has 0 bridgehead atoms. The first-order valence-electron chi connectivity index (χ1n) is 6.74. The molecular weight excluding hydrogens is 210 g/mol. The van der Waals surface area contributed by atoms with Gasteiger partial charge in [0.25, 0.3) is 0 Å². The second kappa shape index (κ2) is 6.20. The maximum atomic E-state index is 4.72. The van der Waals surface area contributed by atoms with Gasteiger partial charge in [-0.3, -0.25) is 0 Å². The molecule has 0 N–H and O–H groups in total. The van der Waals surface area contributed by atoms with Gasteiger partial charge >= 0.3 is 0 Å². The van der Waals surface area contributed by atoms with E-state index in [4.69, 9.17) is 4.98 Å². The van der Waals surface area contributed by atoms with Crippen LogP contribution in [0.1, 0.15) is 57.2 Å². The lowest BCUT2D eigenvalue weighted by Crippen LogP contribution is -2.27. The van der Waals surface area contributed by atoms with E-state index < -0.39 is 0 Å². The fourth-order valence-electron chi connectivity index (χ4n) is 2.20. The van der Waals surface area contributed by atoms with Crippen molar-refractivity contribution in [3.05, 3.63) is 17.2 Å². The Hall–Kier alpha value is -0.830. The van der Waals surface area contributed by atoms with Crippen molar-refractivity contribution in [2.24, 2.45) is 7.05 Å². The fourth-order valence-corrected chi connectivity index (χ4v) is 2.20. The molecule has 0 atom stereocenters. The average molecular weight is 237 g/mol. The number of imidazole rings is 1. The minimum Gasteiger partial charge on any atom is -0.335 e. The van der Waals surface area contributed by atoms with Crippen molar-refractivity contribution < 1.29 is 0 Å². The van der Waals surface area contributed by atoms with Crippen LogP contribution in [0.25, 0.3) is 0 Å². The highest BCUT2D eigenvalue weighted by Crippen LogP contribution is 2.22. The Kier molecular flexibility index (Phi) is 5.19. The lowest BCUT2D eigenvalue weighted by atomic mass is 10.1. The number of hydrogen-bond acceptors (Lipinski definition) is 2. The second-order valence-electron chi connectivity index (χ2n) is 5.27. The molecule has 1 aliphatic heterocycles. The summed E-state index contributed by atoms with van der Waals surface area (Å²) >= 11 is 0. The molecule has 1 aromatic rings. The third-order valence-electron chi connectivity index (χ3n) is 3.00. The number of nitrogens with zero attached hydrogens (tertiary/aromatic N) is 3. The first-order chi connectivity index (χ1) is 8.01. The molecule has 0 amide bonds. The summed E-state index contributed by atoms with van der Waals surface area (Å²) in [5, 5.41) is 0. The van der Waals surface area contributed by atoms with Crippen LogP contribution in [0.2, 0.25) is 0 Å². The van der Waals surface area contributed by atoms with Crippen LogP contribution in [0.4, 0.5) is 0 Å². The number of aromatic nitrogens is 2. The van der Waals surface area contributed by atoms with Gasteiger partial charge in [0, 0.05) is 38.2 Å². The number of rotatable bonds is 1. The molecule has 0 saturated heterocycles. The largest absolute Gasteiger partial charge is 0.335 e. The molecule has 1 aromatic heterocycles. The van der Waals surface area contributed by atoms with E-state index in [1.807, 2.05) is 0 Å². The molecule has 3 nitrogen and oxygen atoms in total. The van der Waals surface area contributed by atoms with E-state index in [2.05, 4.69) is 51.3 Å². The summed E-state index contributed by atoms with van der Waals surface area (Å²) in [7, 11) is 4.30. The highest BCUT2D eigenvalue weighted by molar-refractivity contribution is 5.21. The summed E-state index contributed by atoms with van der Waals surface area (Å²) in [4.78, 5) is 7.05. The zero-order valence-corrected chi connectivity index (χ0v) is 12.2. The van der Waals surface area contributed by atoms with Gasteiger partial charge in [0.15, 0.2) is 0 Å². The van der Waals surface area contributed by atoms with Crippen LogP contribution in [0, 0.1) is 0 Å². The van der Waals surface area contributed by atoms with Crippen LogP contribution in [0.15, 0.2) is 0 Å². The van der Waals surface area contributed by atoms with Gasteiger partial charge in [-0.2, -0.15) is 0 Å². The zero-order valence-electron chi connectivity index (χ0n) is 12.2. The third kappa shape index (κ3) is 3.32. The molecule has 17 heavy (non-hydrogen) atoms. The van der Waals surface area contributed by atoms with Crippen molar-refractivity contribution in [3.8, 4) is 0 Å². The van der Waals surface area contributed by atoms with E-state index in [0.29, 0.717) is 5.92 Å². The van der Waals surface area contributed by atoms with E-state index in [-0.39, 0.29) is 0 Å². The standard InChI is InChI=1S/C11H19N3.C3H8/c1-8(2)11-12-9-7-13(3)6-5-10(9)14(11)4;1-3-2/h8H,5-7H2,1-4H3;3H2,1-2H3. The first-order valence-corrected chi connectivity index (χ1v) is 6.74. The monoisotopic (exact) mass is 237 g/mol. The number of likely N-dealkylation sites (N-methyl/N-ethyl adjacent to an activating group) is 1. The van der Waals surface area contributed by atoms with Gasteiger partial charge in [-0.15, -0.1) is 0 Å². The molecule has 2 rings (SSSR count).